The lowest BCUT2D eigenvalue weighted by atomic mass is 10.2. The Bertz CT molecular complexity index is 793. The van der Waals surface area contributed by atoms with Gasteiger partial charge in [0.25, 0.3) is 0 Å². The van der Waals surface area contributed by atoms with E-state index in [1.165, 1.54) is 12.1 Å². The molecule has 3 aromatic rings. The van der Waals surface area contributed by atoms with Gasteiger partial charge in [0.1, 0.15) is 17.4 Å². The zero-order chi connectivity index (χ0) is 15.0. The Balaban J connectivity index is 2.32. The number of hydrogen-bond donors (Lipinski definition) is 0. The summed E-state index contributed by atoms with van der Waals surface area (Å²) in [7, 11) is 1.61. The average Bonchev–Trinajstić information content (AvgIpc) is 2.83. The van der Waals surface area contributed by atoms with Crippen molar-refractivity contribution in [3.8, 4) is 11.4 Å². The van der Waals surface area contributed by atoms with Crippen LogP contribution in [-0.4, -0.2) is 16.7 Å². The Morgan fingerprint density at radius 2 is 2.05 bits per heavy atom. The van der Waals surface area contributed by atoms with Crippen molar-refractivity contribution >= 4 is 22.6 Å². The Morgan fingerprint density at radius 1 is 1.24 bits per heavy atom. The Labute approximate surface area is 126 Å². The normalized spacial score (nSPS) is 11.0. The van der Waals surface area contributed by atoms with Crippen LogP contribution >= 0.6 is 11.6 Å². The standard InChI is InChI=1S/C16H14ClFN2O/c1-10-5-11(18)7-12(6-10)20-15-8-13(21-2)3-4-14(15)19-16(20)9-17/h3-8H,9H2,1-2H3. The lowest BCUT2D eigenvalue weighted by Gasteiger charge is -2.09. The molecule has 0 unspecified atom stereocenters. The first-order chi connectivity index (χ1) is 10.1. The van der Waals surface area contributed by atoms with Gasteiger partial charge < -0.3 is 4.74 Å². The van der Waals surface area contributed by atoms with Crippen molar-refractivity contribution in [1.29, 1.82) is 0 Å². The molecule has 1 heterocycles. The van der Waals surface area contributed by atoms with Crippen LogP contribution in [0.3, 0.4) is 0 Å². The number of aryl methyl sites for hydroxylation is 1. The smallest absolute Gasteiger partial charge is 0.129 e. The first kappa shape index (κ1) is 13.9. The fourth-order valence-corrected chi connectivity index (χ4v) is 2.64. The van der Waals surface area contributed by atoms with Crippen LogP contribution in [0.2, 0.25) is 0 Å². The average molecular weight is 305 g/mol. The van der Waals surface area contributed by atoms with Crippen LogP contribution in [0.4, 0.5) is 4.39 Å². The minimum Gasteiger partial charge on any atom is -0.497 e. The predicted molar refractivity (Wildman–Crippen MR) is 81.9 cm³/mol. The number of rotatable bonds is 3. The number of methoxy groups -OCH3 is 1. The van der Waals surface area contributed by atoms with E-state index in [9.17, 15) is 4.39 Å². The summed E-state index contributed by atoms with van der Waals surface area (Å²) in [6, 6.07) is 10.5. The molecular weight excluding hydrogens is 291 g/mol. The van der Waals surface area contributed by atoms with Crippen LogP contribution in [0.1, 0.15) is 11.4 Å². The largest absolute Gasteiger partial charge is 0.497 e. The van der Waals surface area contributed by atoms with Crippen molar-refractivity contribution in [3.63, 3.8) is 0 Å². The van der Waals surface area contributed by atoms with E-state index < -0.39 is 0 Å². The highest BCUT2D eigenvalue weighted by atomic mass is 35.5. The number of benzene rings is 2. The molecule has 108 valence electrons. The third-order valence-corrected chi connectivity index (χ3v) is 3.57. The molecule has 0 fully saturated rings. The number of nitrogens with zero attached hydrogens (tertiary/aromatic N) is 2. The molecule has 2 aromatic carbocycles. The molecule has 0 aliphatic heterocycles. The van der Waals surface area contributed by atoms with Crippen LogP contribution in [0.15, 0.2) is 36.4 Å². The summed E-state index contributed by atoms with van der Waals surface area (Å²) in [6.45, 7) is 1.85. The number of aromatic nitrogens is 2. The molecule has 0 N–H and O–H groups in total. The monoisotopic (exact) mass is 304 g/mol. The van der Waals surface area contributed by atoms with Crippen LogP contribution < -0.4 is 4.74 Å². The molecule has 0 spiro atoms. The Hall–Kier alpha value is -2.07. The van der Waals surface area contributed by atoms with E-state index in [0.717, 1.165) is 22.3 Å². The van der Waals surface area contributed by atoms with E-state index in [2.05, 4.69) is 4.98 Å². The van der Waals surface area contributed by atoms with E-state index in [0.29, 0.717) is 11.5 Å². The minimum absolute atomic E-state index is 0.243. The lowest BCUT2D eigenvalue weighted by molar-refractivity contribution is 0.415. The highest BCUT2D eigenvalue weighted by molar-refractivity contribution is 6.17. The maximum Gasteiger partial charge on any atom is 0.129 e. The van der Waals surface area contributed by atoms with Crippen molar-refractivity contribution in [2.24, 2.45) is 0 Å². The third kappa shape index (κ3) is 2.47. The molecule has 0 aliphatic rings. The molecule has 3 rings (SSSR count). The van der Waals surface area contributed by atoms with Crippen LogP contribution in [0.25, 0.3) is 16.7 Å². The quantitative estimate of drug-likeness (QED) is 0.677. The van der Waals surface area contributed by atoms with Gasteiger partial charge in [-0.3, -0.25) is 4.57 Å². The van der Waals surface area contributed by atoms with Crippen LogP contribution in [0.5, 0.6) is 5.75 Å². The van der Waals surface area contributed by atoms with E-state index in [-0.39, 0.29) is 11.7 Å². The van der Waals surface area contributed by atoms with Crippen molar-refractivity contribution in [2.75, 3.05) is 7.11 Å². The van der Waals surface area contributed by atoms with Crippen molar-refractivity contribution in [3.05, 3.63) is 53.6 Å². The summed E-state index contributed by atoms with van der Waals surface area (Å²) >= 11 is 6.00. The topological polar surface area (TPSA) is 27.1 Å². The maximum absolute atomic E-state index is 13.7. The SMILES string of the molecule is COc1ccc2nc(CCl)n(-c3cc(C)cc(F)c3)c2c1. The third-order valence-electron chi connectivity index (χ3n) is 3.34. The molecule has 0 saturated heterocycles. The van der Waals surface area contributed by atoms with Gasteiger partial charge in [-0.05, 0) is 42.8 Å². The number of hydrogen-bond acceptors (Lipinski definition) is 2. The lowest BCUT2D eigenvalue weighted by Crippen LogP contribution is -2.00. The molecular formula is C16H14ClFN2O. The molecule has 5 heteroatoms. The maximum atomic E-state index is 13.7. The first-order valence-corrected chi connectivity index (χ1v) is 7.04. The second-order valence-electron chi connectivity index (χ2n) is 4.84. The van der Waals surface area contributed by atoms with Gasteiger partial charge in [-0.2, -0.15) is 0 Å². The molecule has 0 aliphatic carbocycles. The van der Waals surface area contributed by atoms with Gasteiger partial charge in [-0.15, -0.1) is 11.6 Å². The number of alkyl halides is 1. The minimum atomic E-state index is -0.282. The fourth-order valence-electron chi connectivity index (χ4n) is 2.46. The number of halogens is 2. The van der Waals surface area contributed by atoms with Crippen LogP contribution in [-0.2, 0) is 5.88 Å². The molecule has 3 nitrogen and oxygen atoms in total. The Morgan fingerprint density at radius 3 is 2.71 bits per heavy atom. The fraction of sp³-hybridized carbons (Fsp3) is 0.188. The molecule has 0 bridgehead atoms. The molecule has 0 amide bonds. The molecule has 0 saturated carbocycles. The summed E-state index contributed by atoms with van der Waals surface area (Å²) in [5.74, 6) is 1.35. The van der Waals surface area contributed by atoms with Gasteiger partial charge in [0.15, 0.2) is 0 Å². The van der Waals surface area contributed by atoms with Gasteiger partial charge in [-0.1, -0.05) is 0 Å². The summed E-state index contributed by atoms with van der Waals surface area (Å²) in [5.41, 5.74) is 3.19. The van der Waals surface area contributed by atoms with E-state index in [1.54, 1.807) is 7.11 Å². The number of imidazole rings is 1. The van der Waals surface area contributed by atoms with E-state index >= 15 is 0 Å². The summed E-state index contributed by atoms with van der Waals surface area (Å²) in [4.78, 5) is 4.50. The van der Waals surface area contributed by atoms with Crippen molar-refractivity contribution in [1.82, 2.24) is 9.55 Å². The zero-order valence-corrected chi connectivity index (χ0v) is 12.5. The van der Waals surface area contributed by atoms with Gasteiger partial charge >= 0.3 is 0 Å². The molecule has 1 aromatic heterocycles. The van der Waals surface area contributed by atoms with Gasteiger partial charge in [0, 0.05) is 6.07 Å². The number of fused-ring (bicyclic) bond motifs is 1. The van der Waals surface area contributed by atoms with Crippen molar-refractivity contribution < 1.29 is 9.13 Å². The van der Waals surface area contributed by atoms with Crippen molar-refractivity contribution in [2.45, 2.75) is 12.8 Å². The van der Waals surface area contributed by atoms with E-state index in [4.69, 9.17) is 16.3 Å². The summed E-state index contributed by atoms with van der Waals surface area (Å²) in [6.07, 6.45) is 0. The molecule has 21 heavy (non-hydrogen) atoms. The second kappa shape index (κ2) is 5.37. The first-order valence-electron chi connectivity index (χ1n) is 6.51. The number of ether oxygens (including phenoxy) is 1. The summed E-state index contributed by atoms with van der Waals surface area (Å²) in [5, 5.41) is 0. The highest BCUT2D eigenvalue weighted by Gasteiger charge is 2.13. The van der Waals surface area contributed by atoms with Gasteiger partial charge in [0.2, 0.25) is 0 Å². The van der Waals surface area contributed by atoms with Gasteiger partial charge in [-0.25, -0.2) is 9.37 Å². The Kier molecular flexibility index (Phi) is 3.55. The van der Waals surface area contributed by atoms with Crippen LogP contribution in [0, 0.1) is 12.7 Å². The van der Waals surface area contributed by atoms with Gasteiger partial charge in [0.05, 0.1) is 29.7 Å². The highest BCUT2D eigenvalue weighted by Crippen LogP contribution is 2.27. The van der Waals surface area contributed by atoms with E-state index in [1.807, 2.05) is 35.8 Å². The summed E-state index contributed by atoms with van der Waals surface area (Å²) < 4.78 is 20.8. The molecule has 0 atom stereocenters. The zero-order valence-electron chi connectivity index (χ0n) is 11.7. The predicted octanol–water partition coefficient (Wildman–Crippen LogP) is 4.22. The molecule has 0 radical (unpaired) electrons. The second-order valence-corrected chi connectivity index (χ2v) is 5.11.